The summed E-state index contributed by atoms with van der Waals surface area (Å²) in [5.74, 6) is 1.00. The van der Waals surface area contributed by atoms with Gasteiger partial charge in [-0.3, -0.25) is 9.59 Å². The molecule has 2 amide bonds. The number of aromatic nitrogens is 3. The number of benzene rings is 1. The van der Waals surface area contributed by atoms with Crippen molar-refractivity contribution >= 4 is 29.4 Å². The zero-order valence-electron chi connectivity index (χ0n) is 15.6. The lowest BCUT2D eigenvalue weighted by Gasteiger charge is -2.15. The van der Waals surface area contributed by atoms with Gasteiger partial charge in [-0.1, -0.05) is 17.3 Å². The van der Waals surface area contributed by atoms with Crippen molar-refractivity contribution in [3.05, 3.63) is 60.4 Å². The van der Waals surface area contributed by atoms with Gasteiger partial charge in [-0.05, 0) is 31.5 Å². The summed E-state index contributed by atoms with van der Waals surface area (Å²) in [5, 5.41) is 9.25. The van der Waals surface area contributed by atoms with Gasteiger partial charge >= 0.3 is 0 Å². The molecule has 2 aromatic heterocycles. The summed E-state index contributed by atoms with van der Waals surface area (Å²) in [4.78, 5) is 28.0. The molecule has 3 rings (SSSR count). The standard InChI is InChI=1S/C19H21N5O3S/c1-13-9-17(23-27-13)22-19(26)11-28-10-18(25)21-14(2)15-3-5-16(6-4-15)24-8-7-20-12-24/h3-9,12,14H,10-11H2,1-2H3,(H,21,25)(H,22,23,26). The minimum atomic E-state index is -0.228. The lowest BCUT2D eigenvalue weighted by atomic mass is 10.1. The molecular weight excluding hydrogens is 378 g/mol. The quantitative estimate of drug-likeness (QED) is 0.604. The summed E-state index contributed by atoms with van der Waals surface area (Å²) < 4.78 is 6.79. The number of hydrogen-bond donors (Lipinski definition) is 2. The van der Waals surface area contributed by atoms with E-state index >= 15 is 0 Å². The second-order valence-corrected chi connectivity index (χ2v) is 7.20. The average Bonchev–Trinajstić information content (AvgIpc) is 3.34. The van der Waals surface area contributed by atoms with Gasteiger partial charge in [-0.2, -0.15) is 0 Å². The fraction of sp³-hybridized carbons (Fsp3) is 0.263. The normalized spacial score (nSPS) is 11.8. The van der Waals surface area contributed by atoms with Gasteiger partial charge in [0.1, 0.15) is 5.76 Å². The molecule has 3 aromatic rings. The molecule has 1 unspecified atom stereocenters. The molecule has 2 N–H and O–H groups in total. The average molecular weight is 399 g/mol. The van der Waals surface area contributed by atoms with Crippen molar-refractivity contribution in [2.24, 2.45) is 0 Å². The highest BCUT2D eigenvalue weighted by molar-refractivity contribution is 8.00. The van der Waals surface area contributed by atoms with E-state index in [9.17, 15) is 9.59 Å². The molecule has 1 aromatic carbocycles. The maximum atomic E-state index is 12.1. The van der Waals surface area contributed by atoms with E-state index in [1.165, 1.54) is 11.8 Å². The third-order valence-electron chi connectivity index (χ3n) is 3.93. The molecule has 0 fully saturated rings. The fourth-order valence-corrected chi connectivity index (χ4v) is 3.18. The number of nitrogens with one attached hydrogen (secondary N) is 2. The Morgan fingerprint density at radius 3 is 2.61 bits per heavy atom. The minimum Gasteiger partial charge on any atom is -0.360 e. The Hall–Kier alpha value is -3.07. The highest BCUT2D eigenvalue weighted by Crippen LogP contribution is 2.16. The molecule has 8 nitrogen and oxygen atoms in total. The summed E-state index contributed by atoms with van der Waals surface area (Å²) in [5.41, 5.74) is 2.00. The first kappa shape index (κ1) is 19.7. The number of rotatable bonds is 8. The molecule has 0 saturated heterocycles. The van der Waals surface area contributed by atoms with Crippen LogP contribution < -0.4 is 10.6 Å². The van der Waals surface area contributed by atoms with E-state index in [0.717, 1.165) is 11.3 Å². The molecule has 0 saturated carbocycles. The third kappa shape index (κ3) is 5.46. The van der Waals surface area contributed by atoms with Crippen molar-refractivity contribution in [1.82, 2.24) is 20.0 Å². The van der Waals surface area contributed by atoms with Crippen LogP contribution in [0.25, 0.3) is 5.69 Å². The number of imidazole rings is 1. The van der Waals surface area contributed by atoms with Crippen LogP contribution >= 0.6 is 11.8 Å². The second kappa shape index (κ2) is 9.23. The van der Waals surface area contributed by atoms with Gasteiger partial charge < -0.3 is 19.7 Å². The molecule has 0 radical (unpaired) electrons. The van der Waals surface area contributed by atoms with Crippen LogP contribution in [0.15, 0.2) is 53.6 Å². The van der Waals surface area contributed by atoms with E-state index in [1.54, 1.807) is 25.5 Å². The van der Waals surface area contributed by atoms with Crippen molar-refractivity contribution in [1.29, 1.82) is 0 Å². The molecule has 1 atom stereocenters. The lowest BCUT2D eigenvalue weighted by molar-refractivity contribution is -0.119. The van der Waals surface area contributed by atoms with E-state index in [4.69, 9.17) is 4.52 Å². The van der Waals surface area contributed by atoms with E-state index in [2.05, 4.69) is 20.8 Å². The smallest absolute Gasteiger partial charge is 0.235 e. The van der Waals surface area contributed by atoms with Crippen LogP contribution in [0.4, 0.5) is 5.82 Å². The first-order valence-corrected chi connectivity index (χ1v) is 9.85. The molecule has 9 heteroatoms. The van der Waals surface area contributed by atoms with E-state index in [1.807, 2.05) is 42.0 Å². The number of carbonyl (C=O) groups excluding carboxylic acids is 2. The minimum absolute atomic E-state index is 0.124. The van der Waals surface area contributed by atoms with Crippen molar-refractivity contribution in [2.75, 3.05) is 16.8 Å². The Morgan fingerprint density at radius 1 is 1.21 bits per heavy atom. The van der Waals surface area contributed by atoms with Crippen molar-refractivity contribution in [2.45, 2.75) is 19.9 Å². The van der Waals surface area contributed by atoms with Crippen LogP contribution in [0.3, 0.4) is 0 Å². The van der Waals surface area contributed by atoms with Gasteiger partial charge in [0.2, 0.25) is 11.8 Å². The molecule has 2 heterocycles. The van der Waals surface area contributed by atoms with Gasteiger partial charge in [0.25, 0.3) is 0 Å². The van der Waals surface area contributed by atoms with Crippen LogP contribution in [-0.2, 0) is 9.59 Å². The van der Waals surface area contributed by atoms with Crippen molar-refractivity contribution < 1.29 is 14.1 Å². The summed E-state index contributed by atoms with van der Waals surface area (Å²) in [6.45, 7) is 3.67. The summed E-state index contributed by atoms with van der Waals surface area (Å²) in [7, 11) is 0. The van der Waals surface area contributed by atoms with Crippen LogP contribution in [0, 0.1) is 6.92 Å². The zero-order chi connectivity index (χ0) is 19.9. The van der Waals surface area contributed by atoms with Crippen LogP contribution in [-0.4, -0.2) is 38.0 Å². The van der Waals surface area contributed by atoms with Gasteiger partial charge in [0, 0.05) is 24.1 Å². The number of amides is 2. The van der Waals surface area contributed by atoms with Gasteiger partial charge in [-0.15, -0.1) is 11.8 Å². The number of aryl methyl sites for hydroxylation is 1. The topological polar surface area (TPSA) is 102 Å². The number of thioether (sulfide) groups is 1. The third-order valence-corrected chi connectivity index (χ3v) is 4.87. The summed E-state index contributed by atoms with van der Waals surface area (Å²) in [6.07, 6.45) is 5.33. The summed E-state index contributed by atoms with van der Waals surface area (Å²) in [6, 6.07) is 9.41. The van der Waals surface area contributed by atoms with Crippen LogP contribution in [0.1, 0.15) is 24.3 Å². The maximum Gasteiger partial charge on any atom is 0.235 e. The molecule has 0 aliphatic heterocycles. The fourth-order valence-electron chi connectivity index (χ4n) is 2.55. The van der Waals surface area contributed by atoms with E-state index in [0.29, 0.717) is 11.6 Å². The van der Waals surface area contributed by atoms with Gasteiger partial charge in [0.05, 0.1) is 23.9 Å². The molecule has 0 spiro atoms. The lowest BCUT2D eigenvalue weighted by Crippen LogP contribution is -2.28. The van der Waals surface area contributed by atoms with Gasteiger partial charge in [0.15, 0.2) is 5.82 Å². The molecule has 146 valence electrons. The molecule has 28 heavy (non-hydrogen) atoms. The predicted molar refractivity (Wildman–Crippen MR) is 107 cm³/mol. The number of anilines is 1. The van der Waals surface area contributed by atoms with E-state index < -0.39 is 0 Å². The maximum absolute atomic E-state index is 12.1. The Kier molecular flexibility index (Phi) is 6.49. The Balaban J connectivity index is 1.41. The largest absolute Gasteiger partial charge is 0.360 e. The van der Waals surface area contributed by atoms with Crippen LogP contribution in [0.2, 0.25) is 0 Å². The Bertz CT molecular complexity index is 921. The zero-order valence-corrected chi connectivity index (χ0v) is 16.4. The van der Waals surface area contributed by atoms with Crippen molar-refractivity contribution in [3.8, 4) is 5.69 Å². The first-order valence-electron chi connectivity index (χ1n) is 8.70. The Morgan fingerprint density at radius 2 is 1.96 bits per heavy atom. The first-order chi connectivity index (χ1) is 13.5. The molecular formula is C19H21N5O3S. The number of nitrogens with zero attached hydrogens (tertiary/aromatic N) is 3. The molecule has 0 aliphatic carbocycles. The Labute approximate surface area is 166 Å². The monoisotopic (exact) mass is 399 g/mol. The van der Waals surface area contributed by atoms with Crippen molar-refractivity contribution in [3.63, 3.8) is 0 Å². The SMILES string of the molecule is Cc1cc(NC(=O)CSCC(=O)NC(C)c2ccc(-n3ccnc3)cc2)no1. The van der Waals surface area contributed by atoms with Crippen LogP contribution in [0.5, 0.6) is 0 Å². The predicted octanol–water partition coefficient (Wildman–Crippen LogP) is 2.72. The highest BCUT2D eigenvalue weighted by atomic mass is 32.2. The molecule has 0 bridgehead atoms. The number of carbonyl (C=O) groups is 2. The van der Waals surface area contributed by atoms with Gasteiger partial charge in [-0.25, -0.2) is 4.98 Å². The molecule has 0 aliphatic rings. The highest BCUT2D eigenvalue weighted by Gasteiger charge is 2.12. The number of hydrogen-bond acceptors (Lipinski definition) is 6. The summed E-state index contributed by atoms with van der Waals surface area (Å²) >= 11 is 1.24. The second-order valence-electron chi connectivity index (χ2n) is 6.21. The van der Waals surface area contributed by atoms with E-state index in [-0.39, 0.29) is 29.4 Å².